The monoisotopic (exact) mass is 414 g/mol. The van der Waals surface area contributed by atoms with Crippen LogP contribution >= 0.6 is 0 Å². The van der Waals surface area contributed by atoms with Gasteiger partial charge in [0.05, 0.1) is 18.3 Å². The van der Waals surface area contributed by atoms with Gasteiger partial charge in [-0.1, -0.05) is 48.5 Å². The second kappa shape index (κ2) is 9.13. The van der Waals surface area contributed by atoms with E-state index in [0.29, 0.717) is 5.75 Å². The summed E-state index contributed by atoms with van der Waals surface area (Å²) in [6.07, 6.45) is 2.72. The molecule has 1 aromatic heterocycles. The van der Waals surface area contributed by atoms with Gasteiger partial charge in [0.1, 0.15) is 5.75 Å². The summed E-state index contributed by atoms with van der Waals surface area (Å²) in [5, 5.41) is 6.38. The summed E-state index contributed by atoms with van der Waals surface area (Å²) in [5.41, 5.74) is 6.47. The fourth-order valence-electron chi connectivity index (χ4n) is 3.13. The summed E-state index contributed by atoms with van der Waals surface area (Å²) in [6.45, 7) is 1.63. The fourth-order valence-corrected chi connectivity index (χ4v) is 3.13. The summed E-state index contributed by atoms with van der Waals surface area (Å²) in [7, 11) is 0. The van der Waals surface area contributed by atoms with Gasteiger partial charge in [0.25, 0.3) is 5.91 Å². The maximum absolute atomic E-state index is 12.3. The molecule has 1 atom stereocenters. The Morgan fingerprint density at radius 3 is 2.52 bits per heavy atom. The number of hydrazine groups is 1. The number of carbonyl (C=O) groups excluding carboxylic acids is 2. The summed E-state index contributed by atoms with van der Waals surface area (Å²) in [6, 6.07) is 23.1. The van der Waals surface area contributed by atoms with Crippen molar-refractivity contribution in [2.75, 3.05) is 0 Å². The average Bonchev–Trinajstić information content (AvgIpc) is 3.26. The van der Waals surface area contributed by atoms with Gasteiger partial charge in [-0.05, 0) is 47.5 Å². The smallest absolute Gasteiger partial charge is 0.279 e. The summed E-state index contributed by atoms with van der Waals surface area (Å²) < 4.78 is 7.41. The first kappa shape index (κ1) is 20.2. The quantitative estimate of drug-likeness (QED) is 0.475. The number of amides is 2. The van der Waals surface area contributed by atoms with E-state index in [4.69, 9.17) is 4.74 Å². The highest BCUT2D eigenvalue weighted by molar-refractivity contribution is 5.86. The molecule has 0 saturated heterocycles. The van der Waals surface area contributed by atoms with Crippen LogP contribution in [-0.4, -0.2) is 27.7 Å². The molecule has 0 radical (unpaired) electrons. The van der Waals surface area contributed by atoms with Crippen molar-refractivity contribution in [1.29, 1.82) is 0 Å². The topological polar surface area (TPSA) is 85.2 Å². The summed E-state index contributed by atoms with van der Waals surface area (Å²) in [5.74, 6) is -0.207. The number of nitrogens with one attached hydrogen (secondary N) is 2. The maximum Gasteiger partial charge on any atom is 0.279 e. The molecule has 31 heavy (non-hydrogen) atoms. The first-order valence-corrected chi connectivity index (χ1v) is 9.91. The molecule has 0 saturated carbocycles. The van der Waals surface area contributed by atoms with Gasteiger partial charge in [-0.2, -0.15) is 5.10 Å². The third kappa shape index (κ3) is 5.08. The molecule has 0 bridgehead atoms. The number of para-hydroxylation sites is 1. The van der Waals surface area contributed by atoms with Gasteiger partial charge in [-0.15, -0.1) is 0 Å². The molecule has 7 heteroatoms. The number of benzene rings is 3. The number of rotatable bonds is 6. The lowest BCUT2D eigenvalue weighted by Gasteiger charge is -2.15. The highest BCUT2D eigenvalue weighted by Gasteiger charge is 2.16. The molecule has 0 aliphatic carbocycles. The van der Waals surface area contributed by atoms with Crippen molar-refractivity contribution >= 4 is 22.6 Å². The SMILES string of the molecule is CC(Oc1ccc2ccccc2c1)C(=O)NNC(=O)Cc1cnn(-c2ccccc2)c1. The number of carbonyl (C=O) groups is 2. The van der Waals surface area contributed by atoms with Crippen LogP contribution in [0, 0.1) is 0 Å². The summed E-state index contributed by atoms with van der Waals surface area (Å²) in [4.78, 5) is 24.5. The van der Waals surface area contributed by atoms with E-state index < -0.39 is 12.0 Å². The summed E-state index contributed by atoms with van der Waals surface area (Å²) >= 11 is 0. The minimum Gasteiger partial charge on any atom is -0.481 e. The third-order valence-electron chi connectivity index (χ3n) is 4.75. The zero-order chi connectivity index (χ0) is 21.6. The molecule has 7 nitrogen and oxygen atoms in total. The largest absolute Gasteiger partial charge is 0.481 e. The third-order valence-corrected chi connectivity index (χ3v) is 4.75. The van der Waals surface area contributed by atoms with Crippen molar-refractivity contribution in [3.63, 3.8) is 0 Å². The Kier molecular flexibility index (Phi) is 5.93. The number of ether oxygens (including phenoxy) is 1. The molecule has 0 aliphatic heterocycles. The minimum atomic E-state index is -0.776. The standard InChI is InChI=1S/C24H22N4O3/c1-17(31-22-12-11-19-7-5-6-8-20(19)14-22)24(30)27-26-23(29)13-18-15-25-28(16-18)21-9-3-2-4-10-21/h2-12,14-17H,13H2,1H3,(H,26,29)(H,27,30). The molecular formula is C24H22N4O3. The lowest BCUT2D eigenvalue weighted by molar-refractivity contribution is -0.132. The molecular weight excluding hydrogens is 392 g/mol. The van der Waals surface area contributed by atoms with E-state index in [2.05, 4.69) is 16.0 Å². The Bertz CT molecular complexity index is 1200. The van der Waals surface area contributed by atoms with Crippen LogP contribution in [0.25, 0.3) is 16.5 Å². The van der Waals surface area contributed by atoms with Crippen molar-refractivity contribution in [2.24, 2.45) is 0 Å². The molecule has 0 fully saturated rings. The molecule has 3 aromatic carbocycles. The van der Waals surface area contributed by atoms with Crippen LogP contribution in [0.3, 0.4) is 0 Å². The Hall–Kier alpha value is -4.13. The number of hydrogen-bond donors (Lipinski definition) is 2. The Morgan fingerprint density at radius 2 is 1.71 bits per heavy atom. The average molecular weight is 414 g/mol. The van der Waals surface area contributed by atoms with Gasteiger partial charge in [-0.3, -0.25) is 20.4 Å². The molecule has 0 aliphatic rings. The first-order chi connectivity index (χ1) is 15.1. The fraction of sp³-hybridized carbons (Fsp3) is 0.125. The molecule has 2 N–H and O–H groups in total. The van der Waals surface area contributed by atoms with E-state index in [1.54, 1.807) is 24.0 Å². The number of fused-ring (bicyclic) bond motifs is 1. The van der Waals surface area contributed by atoms with Crippen molar-refractivity contribution in [3.05, 3.63) is 90.8 Å². The van der Waals surface area contributed by atoms with Crippen LogP contribution in [0.4, 0.5) is 0 Å². The molecule has 4 aromatic rings. The van der Waals surface area contributed by atoms with Crippen molar-refractivity contribution in [1.82, 2.24) is 20.6 Å². The van der Waals surface area contributed by atoms with Crippen LogP contribution in [0.5, 0.6) is 5.75 Å². The van der Waals surface area contributed by atoms with Crippen LogP contribution in [-0.2, 0) is 16.0 Å². The van der Waals surface area contributed by atoms with Gasteiger partial charge in [0.15, 0.2) is 6.10 Å². The number of hydrogen-bond acceptors (Lipinski definition) is 4. The van der Waals surface area contributed by atoms with E-state index in [9.17, 15) is 9.59 Å². The molecule has 0 spiro atoms. The number of nitrogens with zero attached hydrogens (tertiary/aromatic N) is 2. The van der Waals surface area contributed by atoms with Gasteiger partial charge in [-0.25, -0.2) is 4.68 Å². The van der Waals surface area contributed by atoms with Crippen LogP contribution in [0.15, 0.2) is 85.2 Å². The van der Waals surface area contributed by atoms with E-state index in [-0.39, 0.29) is 12.3 Å². The number of aromatic nitrogens is 2. The van der Waals surface area contributed by atoms with E-state index in [1.807, 2.05) is 72.8 Å². The second-order valence-corrected chi connectivity index (χ2v) is 7.11. The molecule has 4 rings (SSSR count). The molecule has 1 heterocycles. The highest BCUT2D eigenvalue weighted by atomic mass is 16.5. The van der Waals surface area contributed by atoms with E-state index >= 15 is 0 Å². The van der Waals surface area contributed by atoms with Crippen molar-refractivity contribution < 1.29 is 14.3 Å². The normalized spacial score (nSPS) is 11.6. The Balaban J connectivity index is 1.27. The van der Waals surface area contributed by atoms with Crippen LogP contribution in [0.2, 0.25) is 0 Å². The Morgan fingerprint density at radius 1 is 0.968 bits per heavy atom. The zero-order valence-corrected chi connectivity index (χ0v) is 17.0. The van der Waals surface area contributed by atoms with Crippen molar-refractivity contribution in [2.45, 2.75) is 19.4 Å². The van der Waals surface area contributed by atoms with Crippen LogP contribution < -0.4 is 15.6 Å². The molecule has 1 unspecified atom stereocenters. The van der Waals surface area contributed by atoms with Gasteiger partial charge < -0.3 is 4.74 Å². The van der Waals surface area contributed by atoms with Crippen molar-refractivity contribution in [3.8, 4) is 11.4 Å². The zero-order valence-electron chi connectivity index (χ0n) is 17.0. The van der Waals surface area contributed by atoms with E-state index in [1.165, 1.54) is 0 Å². The lowest BCUT2D eigenvalue weighted by atomic mass is 10.1. The predicted molar refractivity (Wildman–Crippen MR) is 118 cm³/mol. The lowest BCUT2D eigenvalue weighted by Crippen LogP contribution is -2.47. The highest BCUT2D eigenvalue weighted by Crippen LogP contribution is 2.21. The first-order valence-electron chi connectivity index (χ1n) is 9.91. The van der Waals surface area contributed by atoms with Gasteiger partial charge in [0.2, 0.25) is 5.91 Å². The van der Waals surface area contributed by atoms with Gasteiger partial charge in [0, 0.05) is 6.20 Å². The van der Waals surface area contributed by atoms with Gasteiger partial charge >= 0.3 is 0 Å². The maximum atomic E-state index is 12.3. The molecule has 156 valence electrons. The predicted octanol–water partition coefficient (Wildman–Crippen LogP) is 3.18. The second-order valence-electron chi connectivity index (χ2n) is 7.11. The van der Waals surface area contributed by atoms with Crippen LogP contribution in [0.1, 0.15) is 12.5 Å². The minimum absolute atomic E-state index is 0.0903. The molecule has 2 amide bonds. The van der Waals surface area contributed by atoms with E-state index in [0.717, 1.165) is 22.0 Å². The Labute approximate surface area is 179 Å².